The normalized spacial score (nSPS) is 11.6. The summed E-state index contributed by atoms with van der Waals surface area (Å²) in [6.45, 7) is 7.48. The highest BCUT2D eigenvalue weighted by Crippen LogP contribution is 2.25. The molecule has 22 heavy (non-hydrogen) atoms. The van der Waals surface area contributed by atoms with Crippen LogP contribution >= 0.6 is 0 Å². The maximum absolute atomic E-state index is 12.0. The molecule has 0 heterocycles. The molecule has 0 saturated carbocycles. The number of carbonyl (C=O) groups is 1. The van der Waals surface area contributed by atoms with Crippen molar-refractivity contribution in [3.63, 3.8) is 0 Å². The van der Waals surface area contributed by atoms with E-state index in [0.29, 0.717) is 13.2 Å². The maximum atomic E-state index is 12.0. The van der Waals surface area contributed by atoms with E-state index in [9.17, 15) is 4.79 Å². The minimum atomic E-state index is -0.367. The molecule has 0 aliphatic heterocycles. The van der Waals surface area contributed by atoms with Crippen molar-refractivity contribution in [2.45, 2.75) is 97.8 Å². The van der Waals surface area contributed by atoms with Gasteiger partial charge in [0.05, 0.1) is 12.0 Å². The van der Waals surface area contributed by atoms with E-state index in [1.165, 1.54) is 51.4 Å². The summed E-state index contributed by atoms with van der Waals surface area (Å²) >= 11 is 0. The Balaban J connectivity index is 3.47. The number of rotatable bonds is 15. The first-order chi connectivity index (χ1) is 10.5. The fourth-order valence-corrected chi connectivity index (χ4v) is 2.59. The van der Waals surface area contributed by atoms with Crippen molar-refractivity contribution in [3.05, 3.63) is 0 Å². The topological polar surface area (TPSA) is 52.3 Å². The minimum absolute atomic E-state index is 0.0518. The molecule has 0 aliphatic rings. The molecule has 3 nitrogen and oxygen atoms in total. The van der Waals surface area contributed by atoms with Crippen molar-refractivity contribution < 1.29 is 9.53 Å². The second-order valence-corrected chi connectivity index (χ2v) is 7.09. The number of ether oxygens (including phenoxy) is 1. The van der Waals surface area contributed by atoms with Gasteiger partial charge in [0.15, 0.2) is 0 Å². The third kappa shape index (κ3) is 12.0. The van der Waals surface area contributed by atoms with Crippen molar-refractivity contribution in [1.29, 1.82) is 0 Å². The Labute approximate surface area is 138 Å². The zero-order valence-electron chi connectivity index (χ0n) is 15.3. The summed E-state index contributed by atoms with van der Waals surface area (Å²) in [6.07, 6.45) is 14.4. The molecular formula is C19H39NO2. The zero-order chi connectivity index (χ0) is 16.7. The molecule has 0 fully saturated rings. The SMILES string of the molecule is CCCCCCCCCCCOC(=O)C(C)(C)CCCCN. The summed E-state index contributed by atoms with van der Waals surface area (Å²) in [7, 11) is 0. The van der Waals surface area contributed by atoms with Crippen molar-refractivity contribution in [2.75, 3.05) is 13.2 Å². The van der Waals surface area contributed by atoms with Gasteiger partial charge in [-0.3, -0.25) is 4.79 Å². The van der Waals surface area contributed by atoms with Gasteiger partial charge >= 0.3 is 5.97 Å². The van der Waals surface area contributed by atoms with Crippen LogP contribution in [-0.4, -0.2) is 19.1 Å². The van der Waals surface area contributed by atoms with Crippen molar-refractivity contribution in [2.24, 2.45) is 11.1 Å². The molecule has 0 aromatic heterocycles. The van der Waals surface area contributed by atoms with E-state index >= 15 is 0 Å². The van der Waals surface area contributed by atoms with Crippen LogP contribution in [0.3, 0.4) is 0 Å². The summed E-state index contributed by atoms with van der Waals surface area (Å²) < 4.78 is 5.43. The Morgan fingerprint density at radius 3 is 1.95 bits per heavy atom. The maximum Gasteiger partial charge on any atom is 0.311 e. The molecule has 0 spiro atoms. The van der Waals surface area contributed by atoms with E-state index in [1.807, 2.05) is 13.8 Å². The number of hydrogen-bond donors (Lipinski definition) is 1. The third-order valence-electron chi connectivity index (χ3n) is 4.29. The predicted molar refractivity (Wildman–Crippen MR) is 94.9 cm³/mol. The first-order valence-corrected chi connectivity index (χ1v) is 9.42. The second-order valence-electron chi connectivity index (χ2n) is 7.09. The summed E-state index contributed by atoms with van der Waals surface area (Å²) in [5.41, 5.74) is 5.12. The quantitative estimate of drug-likeness (QED) is 0.333. The lowest BCUT2D eigenvalue weighted by molar-refractivity contribution is -0.154. The molecule has 0 amide bonds. The van der Waals surface area contributed by atoms with Gasteiger partial charge in [-0.15, -0.1) is 0 Å². The van der Waals surface area contributed by atoms with Crippen molar-refractivity contribution in [3.8, 4) is 0 Å². The fraction of sp³-hybridized carbons (Fsp3) is 0.947. The van der Waals surface area contributed by atoms with Gasteiger partial charge in [0.25, 0.3) is 0 Å². The monoisotopic (exact) mass is 313 g/mol. The Hall–Kier alpha value is -0.570. The average molecular weight is 314 g/mol. The Morgan fingerprint density at radius 2 is 1.41 bits per heavy atom. The number of unbranched alkanes of at least 4 members (excludes halogenated alkanes) is 9. The highest BCUT2D eigenvalue weighted by molar-refractivity contribution is 5.75. The summed E-state index contributed by atoms with van der Waals surface area (Å²) in [5.74, 6) is -0.0518. The van der Waals surface area contributed by atoms with Gasteiger partial charge in [-0.05, 0) is 39.7 Å². The Bertz CT molecular complexity index is 264. The lowest BCUT2D eigenvalue weighted by Crippen LogP contribution is -2.27. The van der Waals surface area contributed by atoms with Crippen LogP contribution in [-0.2, 0) is 9.53 Å². The smallest absolute Gasteiger partial charge is 0.311 e. The first kappa shape index (κ1) is 21.4. The van der Waals surface area contributed by atoms with E-state index in [-0.39, 0.29) is 11.4 Å². The Kier molecular flexibility index (Phi) is 13.7. The lowest BCUT2D eigenvalue weighted by Gasteiger charge is -2.22. The van der Waals surface area contributed by atoms with Gasteiger partial charge in [0.1, 0.15) is 0 Å². The van der Waals surface area contributed by atoms with Crippen LogP contribution < -0.4 is 5.73 Å². The van der Waals surface area contributed by atoms with Crippen LogP contribution in [0.1, 0.15) is 97.8 Å². The zero-order valence-corrected chi connectivity index (χ0v) is 15.3. The van der Waals surface area contributed by atoms with Crippen LogP contribution in [0.5, 0.6) is 0 Å². The largest absolute Gasteiger partial charge is 0.465 e. The van der Waals surface area contributed by atoms with E-state index in [1.54, 1.807) is 0 Å². The van der Waals surface area contributed by atoms with Gasteiger partial charge in [0.2, 0.25) is 0 Å². The molecule has 0 aromatic rings. The van der Waals surface area contributed by atoms with Gasteiger partial charge in [-0.2, -0.15) is 0 Å². The van der Waals surface area contributed by atoms with Gasteiger partial charge < -0.3 is 10.5 Å². The highest BCUT2D eigenvalue weighted by Gasteiger charge is 2.28. The van der Waals surface area contributed by atoms with Crippen LogP contribution in [0.15, 0.2) is 0 Å². The predicted octanol–water partition coefficient (Wildman–Crippen LogP) is 5.22. The van der Waals surface area contributed by atoms with E-state index in [2.05, 4.69) is 6.92 Å². The first-order valence-electron chi connectivity index (χ1n) is 9.42. The lowest BCUT2D eigenvalue weighted by atomic mass is 9.87. The van der Waals surface area contributed by atoms with Crippen LogP contribution in [0.4, 0.5) is 0 Å². The molecule has 2 N–H and O–H groups in total. The third-order valence-corrected chi connectivity index (χ3v) is 4.29. The number of esters is 1. The van der Waals surface area contributed by atoms with Crippen LogP contribution in [0.2, 0.25) is 0 Å². The average Bonchev–Trinajstić information content (AvgIpc) is 2.49. The summed E-state index contributed by atoms with van der Waals surface area (Å²) in [5, 5.41) is 0. The fourth-order valence-electron chi connectivity index (χ4n) is 2.59. The summed E-state index contributed by atoms with van der Waals surface area (Å²) in [6, 6.07) is 0. The molecular weight excluding hydrogens is 274 g/mol. The van der Waals surface area contributed by atoms with Gasteiger partial charge in [0, 0.05) is 0 Å². The van der Waals surface area contributed by atoms with Gasteiger partial charge in [-0.25, -0.2) is 0 Å². The molecule has 0 rings (SSSR count). The highest BCUT2D eigenvalue weighted by atomic mass is 16.5. The van der Waals surface area contributed by atoms with E-state index in [0.717, 1.165) is 25.7 Å². The molecule has 0 unspecified atom stereocenters. The van der Waals surface area contributed by atoms with E-state index in [4.69, 9.17) is 10.5 Å². The number of hydrogen-bond acceptors (Lipinski definition) is 3. The summed E-state index contributed by atoms with van der Waals surface area (Å²) in [4.78, 5) is 12.0. The molecule has 0 atom stereocenters. The molecule has 132 valence electrons. The second kappa shape index (κ2) is 14.0. The number of carbonyl (C=O) groups excluding carboxylic acids is 1. The van der Waals surface area contributed by atoms with Gasteiger partial charge in [-0.1, -0.05) is 64.7 Å². The molecule has 0 aromatic carbocycles. The molecule has 3 heteroatoms. The van der Waals surface area contributed by atoms with Crippen LogP contribution in [0, 0.1) is 5.41 Å². The minimum Gasteiger partial charge on any atom is -0.465 e. The number of nitrogens with two attached hydrogens (primary N) is 1. The van der Waals surface area contributed by atoms with Crippen molar-refractivity contribution >= 4 is 5.97 Å². The van der Waals surface area contributed by atoms with Crippen LogP contribution in [0.25, 0.3) is 0 Å². The Morgan fingerprint density at radius 1 is 0.864 bits per heavy atom. The molecule has 0 saturated heterocycles. The molecule has 0 bridgehead atoms. The molecule has 0 aliphatic carbocycles. The molecule has 0 radical (unpaired) electrons. The van der Waals surface area contributed by atoms with E-state index < -0.39 is 0 Å². The standard InChI is InChI=1S/C19H39NO2/c1-4-5-6-7-8-9-10-11-14-17-22-18(21)19(2,3)15-12-13-16-20/h4-17,20H2,1-3H3. The van der Waals surface area contributed by atoms with Crippen molar-refractivity contribution in [1.82, 2.24) is 0 Å².